The van der Waals surface area contributed by atoms with E-state index < -0.39 is 0 Å². The van der Waals surface area contributed by atoms with Gasteiger partial charge < -0.3 is 5.73 Å². The first-order valence-corrected chi connectivity index (χ1v) is 3.19. The number of nitrogens with zero attached hydrogens (tertiary/aromatic N) is 3. The minimum atomic E-state index is 0.245. The Morgan fingerprint density at radius 1 is 1.40 bits per heavy atom. The molecule has 0 aromatic carbocycles. The van der Waals surface area contributed by atoms with Crippen molar-refractivity contribution < 1.29 is 0 Å². The van der Waals surface area contributed by atoms with E-state index in [1.807, 2.05) is 13.8 Å². The second-order valence-electron chi connectivity index (χ2n) is 2.06. The molecule has 0 aliphatic rings. The number of aromatic nitrogens is 3. The van der Waals surface area contributed by atoms with Crippen molar-refractivity contribution in [2.75, 3.05) is 5.73 Å². The van der Waals surface area contributed by atoms with Crippen molar-refractivity contribution in [2.45, 2.75) is 20.3 Å². The molecule has 0 aliphatic carbocycles. The lowest BCUT2D eigenvalue weighted by molar-refractivity contribution is 0.861. The molecular weight excluding hydrogens is 128 g/mol. The number of nitrogen functional groups attached to an aromatic ring is 1. The van der Waals surface area contributed by atoms with Gasteiger partial charge in [0.15, 0.2) is 0 Å². The zero-order valence-corrected chi connectivity index (χ0v) is 6.13. The van der Waals surface area contributed by atoms with Crippen LogP contribution >= 0.6 is 0 Å². The van der Waals surface area contributed by atoms with Gasteiger partial charge in [-0.3, -0.25) is 0 Å². The van der Waals surface area contributed by atoms with Crippen LogP contribution in [0.1, 0.15) is 18.3 Å². The second kappa shape index (κ2) is 2.60. The molecule has 0 amide bonds. The summed E-state index contributed by atoms with van der Waals surface area (Å²) < 4.78 is 0. The van der Waals surface area contributed by atoms with E-state index in [-0.39, 0.29) is 5.95 Å². The van der Waals surface area contributed by atoms with Gasteiger partial charge in [-0.05, 0) is 13.3 Å². The molecule has 4 nitrogen and oxygen atoms in total. The number of anilines is 1. The van der Waals surface area contributed by atoms with E-state index in [1.54, 1.807) is 0 Å². The van der Waals surface area contributed by atoms with Crippen LogP contribution in [0.25, 0.3) is 0 Å². The molecule has 1 aromatic rings. The fourth-order valence-electron chi connectivity index (χ4n) is 0.769. The summed E-state index contributed by atoms with van der Waals surface area (Å²) in [6.45, 7) is 3.89. The first kappa shape index (κ1) is 6.92. The Morgan fingerprint density at radius 3 is 2.60 bits per heavy atom. The standard InChI is InChI=1S/C6H10N4/c1-3-5-4(2)8-6(7)10-9-5/h3H2,1-2H3,(H2,7,8,10). The molecule has 0 saturated carbocycles. The van der Waals surface area contributed by atoms with Crippen LogP contribution in [0, 0.1) is 6.92 Å². The van der Waals surface area contributed by atoms with Crippen LogP contribution in [-0.2, 0) is 6.42 Å². The SMILES string of the molecule is CCc1nnc(N)nc1C. The molecule has 0 atom stereocenters. The highest BCUT2D eigenvalue weighted by Crippen LogP contribution is 2.00. The molecule has 0 fully saturated rings. The highest BCUT2D eigenvalue weighted by atomic mass is 15.2. The third-order valence-electron chi connectivity index (χ3n) is 1.31. The maximum Gasteiger partial charge on any atom is 0.240 e. The maximum atomic E-state index is 5.30. The predicted molar refractivity (Wildman–Crippen MR) is 38.4 cm³/mol. The van der Waals surface area contributed by atoms with Gasteiger partial charge in [-0.1, -0.05) is 6.92 Å². The molecule has 10 heavy (non-hydrogen) atoms. The van der Waals surface area contributed by atoms with Crippen LogP contribution in [0.2, 0.25) is 0 Å². The zero-order chi connectivity index (χ0) is 7.56. The first-order valence-electron chi connectivity index (χ1n) is 3.19. The molecule has 0 unspecified atom stereocenters. The van der Waals surface area contributed by atoms with Gasteiger partial charge in [-0.25, -0.2) is 4.98 Å². The van der Waals surface area contributed by atoms with Gasteiger partial charge in [0.2, 0.25) is 5.95 Å². The average Bonchev–Trinajstić information content (AvgIpc) is 1.88. The van der Waals surface area contributed by atoms with Crippen molar-refractivity contribution in [3.63, 3.8) is 0 Å². The summed E-state index contributed by atoms with van der Waals surface area (Å²) in [6, 6.07) is 0. The van der Waals surface area contributed by atoms with Gasteiger partial charge in [0.1, 0.15) is 0 Å². The van der Waals surface area contributed by atoms with Gasteiger partial charge in [0.25, 0.3) is 0 Å². The summed E-state index contributed by atoms with van der Waals surface area (Å²) in [5.41, 5.74) is 7.08. The van der Waals surface area contributed by atoms with E-state index in [0.29, 0.717) is 0 Å². The lowest BCUT2D eigenvalue weighted by Crippen LogP contribution is -2.03. The van der Waals surface area contributed by atoms with Gasteiger partial charge in [-0.2, -0.15) is 5.10 Å². The topological polar surface area (TPSA) is 64.7 Å². The monoisotopic (exact) mass is 138 g/mol. The second-order valence-corrected chi connectivity index (χ2v) is 2.06. The molecule has 1 aromatic heterocycles. The van der Waals surface area contributed by atoms with Crippen molar-refractivity contribution in [1.82, 2.24) is 15.2 Å². The highest BCUT2D eigenvalue weighted by Gasteiger charge is 1.98. The minimum Gasteiger partial charge on any atom is -0.366 e. The van der Waals surface area contributed by atoms with E-state index in [9.17, 15) is 0 Å². The number of rotatable bonds is 1. The first-order chi connectivity index (χ1) is 4.74. The molecule has 1 rings (SSSR count). The average molecular weight is 138 g/mol. The van der Waals surface area contributed by atoms with E-state index in [4.69, 9.17) is 5.73 Å². The molecule has 1 heterocycles. The maximum absolute atomic E-state index is 5.30. The molecule has 2 N–H and O–H groups in total. The molecule has 4 heteroatoms. The van der Waals surface area contributed by atoms with E-state index >= 15 is 0 Å². The summed E-state index contributed by atoms with van der Waals surface area (Å²) in [6.07, 6.45) is 0.853. The van der Waals surface area contributed by atoms with Gasteiger partial charge in [-0.15, -0.1) is 5.10 Å². The quantitative estimate of drug-likeness (QED) is 0.607. The van der Waals surface area contributed by atoms with E-state index in [0.717, 1.165) is 17.8 Å². The third kappa shape index (κ3) is 1.21. The Morgan fingerprint density at radius 2 is 2.10 bits per heavy atom. The smallest absolute Gasteiger partial charge is 0.240 e. The van der Waals surface area contributed by atoms with Crippen molar-refractivity contribution in [3.05, 3.63) is 11.4 Å². The van der Waals surface area contributed by atoms with Crippen LogP contribution < -0.4 is 5.73 Å². The number of hydrogen-bond acceptors (Lipinski definition) is 4. The van der Waals surface area contributed by atoms with Crippen LogP contribution in [0.4, 0.5) is 5.95 Å². The molecule has 0 saturated heterocycles. The predicted octanol–water partition coefficient (Wildman–Crippen LogP) is 0.325. The fraction of sp³-hybridized carbons (Fsp3) is 0.500. The van der Waals surface area contributed by atoms with Crippen LogP contribution in [-0.4, -0.2) is 15.2 Å². The van der Waals surface area contributed by atoms with Crippen LogP contribution in [0.3, 0.4) is 0 Å². The van der Waals surface area contributed by atoms with Crippen LogP contribution in [0.15, 0.2) is 0 Å². The molecule has 0 radical (unpaired) electrons. The van der Waals surface area contributed by atoms with Crippen LogP contribution in [0.5, 0.6) is 0 Å². The third-order valence-corrected chi connectivity index (χ3v) is 1.31. The summed E-state index contributed by atoms with van der Waals surface area (Å²) in [5, 5.41) is 7.49. The Hall–Kier alpha value is -1.19. The number of aryl methyl sites for hydroxylation is 2. The Bertz CT molecular complexity index is 233. The lowest BCUT2D eigenvalue weighted by Gasteiger charge is -1.98. The molecule has 0 spiro atoms. The van der Waals surface area contributed by atoms with E-state index in [2.05, 4.69) is 15.2 Å². The summed E-state index contributed by atoms with van der Waals surface area (Å²) in [4.78, 5) is 3.95. The normalized spacial score (nSPS) is 9.80. The molecular formula is C6H10N4. The Kier molecular flexibility index (Phi) is 1.80. The molecule has 0 aliphatic heterocycles. The van der Waals surface area contributed by atoms with Gasteiger partial charge in [0.05, 0.1) is 11.4 Å². The van der Waals surface area contributed by atoms with Crippen molar-refractivity contribution >= 4 is 5.95 Å². The minimum absolute atomic E-state index is 0.245. The zero-order valence-electron chi connectivity index (χ0n) is 6.13. The number of nitrogens with two attached hydrogens (primary N) is 1. The molecule has 54 valence electrons. The summed E-state index contributed by atoms with van der Waals surface area (Å²) in [7, 11) is 0. The lowest BCUT2D eigenvalue weighted by atomic mass is 10.3. The largest absolute Gasteiger partial charge is 0.366 e. The Labute approximate surface area is 59.5 Å². The Balaban J connectivity index is 3.07. The van der Waals surface area contributed by atoms with Gasteiger partial charge in [0, 0.05) is 0 Å². The fourth-order valence-corrected chi connectivity index (χ4v) is 0.769. The van der Waals surface area contributed by atoms with E-state index in [1.165, 1.54) is 0 Å². The molecule has 0 bridgehead atoms. The summed E-state index contributed by atoms with van der Waals surface area (Å²) >= 11 is 0. The number of hydrogen-bond donors (Lipinski definition) is 1. The van der Waals surface area contributed by atoms with Crippen molar-refractivity contribution in [3.8, 4) is 0 Å². The van der Waals surface area contributed by atoms with Crippen molar-refractivity contribution in [1.29, 1.82) is 0 Å². The van der Waals surface area contributed by atoms with Crippen molar-refractivity contribution in [2.24, 2.45) is 0 Å². The summed E-state index contributed by atoms with van der Waals surface area (Å²) in [5.74, 6) is 0.245. The van der Waals surface area contributed by atoms with Gasteiger partial charge >= 0.3 is 0 Å². The highest BCUT2D eigenvalue weighted by molar-refractivity contribution is 5.17.